The lowest BCUT2D eigenvalue weighted by atomic mass is 10.1. The van der Waals surface area contributed by atoms with Crippen molar-refractivity contribution >= 4 is 28.9 Å². The van der Waals surface area contributed by atoms with Gasteiger partial charge in [0.05, 0.1) is 10.6 Å². The Hall–Kier alpha value is -2.00. The first-order valence-corrected chi connectivity index (χ1v) is 7.43. The third kappa shape index (κ3) is 4.23. The van der Waals surface area contributed by atoms with Crippen molar-refractivity contribution in [2.24, 2.45) is 0 Å². The van der Waals surface area contributed by atoms with E-state index in [-0.39, 0.29) is 5.91 Å². The molecule has 3 nitrogen and oxygen atoms in total. The minimum absolute atomic E-state index is 0.256. The molecule has 2 aromatic carbocycles. The van der Waals surface area contributed by atoms with Gasteiger partial charge in [0.15, 0.2) is 0 Å². The summed E-state index contributed by atoms with van der Waals surface area (Å²) in [4.78, 5) is 12.2. The van der Waals surface area contributed by atoms with Crippen LogP contribution in [0.15, 0.2) is 42.5 Å². The molecule has 0 unspecified atom stereocenters. The number of nitrogen functional groups attached to an aromatic ring is 1. The number of carbonyl (C=O) groups excluding carboxylic acids is 1. The molecule has 0 fully saturated rings. The van der Waals surface area contributed by atoms with Gasteiger partial charge in [-0.3, -0.25) is 4.79 Å². The van der Waals surface area contributed by atoms with E-state index in [4.69, 9.17) is 17.3 Å². The molecule has 0 bridgehead atoms. The SMILES string of the molecule is CCCCc1ccc(NC(=O)c2cc(N)ccc2Cl)cc1. The zero-order valence-corrected chi connectivity index (χ0v) is 12.8. The number of aryl methyl sites for hydroxylation is 1. The first-order chi connectivity index (χ1) is 10.1. The second-order valence-electron chi connectivity index (χ2n) is 4.99. The number of halogens is 1. The average Bonchev–Trinajstić information content (AvgIpc) is 2.49. The molecule has 0 aliphatic heterocycles. The quantitative estimate of drug-likeness (QED) is 0.798. The van der Waals surface area contributed by atoms with Crippen LogP contribution in [-0.4, -0.2) is 5.91 Å². The lowest BCUT2D eigenvalue weighted by molar-refractivity contribution is 0.102. The largest absolute Gasteiger partial charge is 0.399 e. The number of amides is 1. The van der Waals surface area contributed by atoms with Crippen molar-refractivity contribution in [3.8, 4) is 0 Å². The Morgan fingerprint density at radius 2 is 1.90 bits per heavy atom. The van der Waals surface area contributed by atoms with Gasteiger partial charge in [0.1, 0.15) is 0 Å². The molecule has 0 aromatic heterocycles. The summed E-state index contributed by atoms with van der Waals surface area (Å²) >= 11 is 6.02. The van der Waals surface area contributed by atoms with Gasteiger partial charge in [0, 0.05) is 11.4 Å². The van der Waals surface area contributed by atoms with Crippen molar-refractivity contribution < 1.29 is 4.79 Å². The molecule has 0 spiro atoms. The maximum Gasteiger partial charge on any atom is 0.257 e. The molecule has 0 radical (unpaired) electrons. The zero-order valence-electron chi connectivity index (χ0n) is 12.0. The van der Waals surface area contributed by atoms with E-state index in [0.717, 1.165) is 12.1 Å². The number of hydrogen-bond acceptors (Lipinski definition) is 2. The number of unbranched alkanes of at least 4 members (excludes halogenated alkanes) is 1. The fraction of sp³-hybridized carbons (Fsp3) is 0.235. The molecule has 0 saturated carbocycles. The molecule has 0 atom stereocenters. The van der Waals surface area contributed by atoms with Crippen molar-refractivity contribution in [2.45, 2.75) is 26.2 Å². The van der Waals surface area contributed by atoms with Gasteiger partial charge in [-0.05, 0) is 48.7 Å². The Labute approximate surface area is 130 Å². The summed E-state index contributed by atoms with van der Waals surface area (Å²) in [5.41, 5.74) is 8.60. The van der Waals surface area contributed by atoms with Crippen LogP contribution in [-0.2, 0) is 6.42 Å². The predicted molar refractivity (Wildman–Crippen MR) is 88.9 cm³/mol. The van der Waals surface area contributed by atoms with Crippen molar-refractivity contribution in [2.75, 3.05) is 11.1 Å². The van der Waals surface area contributed by atoms with E-state index < -0.39 is 0 Å². The Kier molecular flexibility index (Phi) is 5.23. The van der Waals surface area contributed by atoms with Gasteiger partial charge in [-0.25, -0.2) is 0 Å². The molecule has 2 aromatic rings. The first-order valence-electron chi connectivity index (χ1n) is 7.05. The van der Waals surface area contributed by atoms with Crippen LogP contribution in [0.4, 0.5) is 11.4 Å². The molecule has 0 heterocycles. The van der Waals surface area contributed by atoms with Gasteiger partial charge in [-0.1, -0.05) is 37.1 Å². The summed E-state index contributed by atoms with van der Waals surface area (Å²) < 4.78 is 0. The summed E-state index contributed by atoms with van der Waals surface area (Å²) in [6.45, 7) is 2.17. The van der Waals surface area contributed by atoms with E-state index in [2.05, 4.69) is 12.2 Å². The second kappa shape index (κ2) is 7.14. The van der Waals surface area contributed by atoms with Crippen LogP contribution >= 0.6 is 11.6 Å². The molecule has 1 amide bonds. The summed E-state index contributed by atoms with van der Waals surface area (Å²) in [7, 11) is 0. The maximum atomic E-state index is 12.2. The van der Waals surface area contributed by atoms with Crippen molar-refractivity contribution in [3.63, 3.8) is 0 Å². The normalized spacial score (nSPS) is 10.4. The highest BCUT2D eigenvalue weighted by Crippen LogP contribution is 2.20. The highest BCUT2D eigenvalue weighted by molar-refractivity contribution is 6.34. The van der Waals surface area contributed by atoms with Crippen molar-refractivity contribution in [3.05, 3.63) is 58.6 Å². The van der Waals surface area contributed by atoms with Crippen molar-refractivity contribution in [1.82, 2.24) is 0 Å². The second-order valence-corrected chi connectivity index (χ2v) is 5.40. The standard InChI is InChI=1S/C17H19ClN2O/c1-2-3-4-12-5-8-14(9-6-12)20-17(21)15-11-13(19)7-10-16(15)18/h5-11H,2-4,19H2,1H3,(H,20,21). The van der Waals surface area contributed by atoms with Gasteiger partial charge >= 0.3 is 0 Å². The lowest BCUT2D eigenvalue weighted by Gasteiger charge is -2.08. The third-order valence-electron chi connectivity index (χ3n) is 3.27. The molecular formula is C17H19ClN2O. The van der Waals surface area contributed by atoms with Crippen LogP contribution in [0.1, 0.15) is 35.7 Å². The van der Waals surface area contributed by atoms with E-state index in [1.54, 1.807) is 18.2 Å². The zero-order chi connectivity index (χ0) is 15.2. The minimum Gasteiger partial charge on any atom is -0.399 e. The first kappa shape index (κ1) is 15.4. The van der Waals surface area contributed by atoms with Gasteiger partial charge in [0.25, 0.3) is 5.91 Å². The predicted octanol–water partition coefficient (Wildman–Crippen LogP) is 4.52. The number of carbonyl (C=O) groups is 1. The Morgan fingerprint density at radius 3 is 2.57 bits per heavy atom. The maximum absolute atomic E-state index is 12.2. The molecule has 0 saturated heterocycles. The van der Waals surface area contributed by atoms with Crippen LogP contribution in [0.3, 0.4) is 0 Å². The summed E-state index contributed by atoms with van der Waals surface area (Å²) in [5, 5.41) is 3.22. The number of nitrogens with two attached hydrogens (primary N) is 1. The molecule has 21 heavy (non-hydrogen) atoms. The smallest absolute Gasteiger partial charge is 0.257 e. The molecule has 0 aliphatic rings. The number of hydrogen-bond donors (Lipinski definition) is 2. The monoisotopic (exact) mass is 302 g/mol. The fourth-order valence-corrected chi connectivity index (χ4v) is 2.25. The summed E-state index contributed by atoms with van der Waals surface area (Å²) in [5.74, 6) is -0.256. The van der Waals surface area contributed by atoms with E-state index in [1.807, 2.05) is 24.3 Å². The summed E-state index contributed by atoms with van der Waals surface area (Å²) in [6.07, 6.45) is 3.41. The third-order valence-corrected chi connectivity index (χ3v) is 3.60. The van der Waals surface area contributed by atoms with Crippen LogP contribution in [0.5, 0.6) is 0 Å². The van der Waals surface area contributed by atoms with E-state index in [9.17, 15) is 4.79 Å². The average molecular weight is 303 g/mol. The van der Waals surface area contributed by atoms with Crippen LogP contribution < -0.4 is 11.1 Å². The Balaban J connectivity index is 2.07. The van der Waals surface area contributed by atoms with Crippen LogP contribution in [0, 0.1) is 0 Å². The van der Waals surface area contributed by atoms with E-state index in [0.29, 0.717) is 16.3 Å². The summed E-state index contributed by atoms with van der Waals surface area (Å²) in [6, 6.07) is 12.7. The van der Waals surface area contributed by atoms with Crippen LogP contribution in [0.25, 0.3) is 0 Å². The van der Waals surface area contributed by atoms with Gasteiger partial charge in [0.2, 0.25) is 0 Å². The molecule has 3 N–H and O–H groups in total. The topological polar surface area (TPSA) is 55.1 Å². The highest BCUT2D eigenvalue weighted by Gasteiger charge is 2.11. The van der Waals surface area contributed by atoms with Crippen LogP contribution in [0.2, 0.25) is 5.02 Å². The number of anilines is 2. The lowest BCUT2D eigenvalue weighted by Crippen LogP contribution is -2.12. The molecular weight excluding hydrogens is 284 g/mol. The van der Waals surface area contributed by atoms with E-state index >= 15 is 0 Å². The number of benzene rings is 2. The van der Waals surface area contributed by atoms with Gasteiger partial charge < -0.3 is 11.1 Å². The minimum atomic E-state index is -0.256. The van der Waals surface area contributed by atoms with Gasteiger partial charge in [-0.15, -0.1) is 0 Å². The van der Waals surface area contributed by atoms with E-state index in [1.165, 1.54) is 18.4 Å². The number of nitrogens with one attached hydrogen (secondary N) is 1. The number of rotatable bonds is 5. The molecule has 110 valence electrons. The highest BCUT2D eigenvalue weighted by atomic mass is 35.5. The fourth-order valence-electron chi connectivity index (χ4n) is 2.05. The van der Waals surface area contributed by atoms with Gasteiger partial charge in [-0.2, -0.15) is 0 Å². The molecule has 0 aliphatic carbocycles. The Bertz CT molecular complexity index is 623. The molecule has 4 heteroatoms. The Morgan fingerprint density at radius 1 is 1.19 bits per heavy atom. The van der Waals surface area contributed by atoms with Crippen molar-refractivity contribution in [1.29, 1.82) is 0 Å². The molecule has 2 rings (SSSR count).